The molecule has 0 radical (unpaired) electrons. The van der Waals surface area contributed by atoms with Crippen LogP contribution < -0.4 is 10.7 Å². The number of hydrogen-bond donors (Lipinski definition) is 1. The minimum atomic E-state index is -0.424. The summed E-state index contributed by atoms with van der Waals surface area (Å²) < 4.78 is 15.3. The zero-order valence-corrected chi connectivity index (χ0v) is 16.2. The number of fused-ring (bicyclic) bond motifs is 1. The maximum absolute atomic E-state index is 14.0. The smallest absolute Gasteiger partial charge is 0.240 e. The van der Waals surface area contributed by atoms with E-state index in [0.29, 0.717) is 11.7 Å². The number of para-hydroxylation sites is 1. The number of rotatable bonds is 4. The van der Waals surface area contributed by atoms with Gasteiger partial charge in [0, 0.05) is 12.2 Å². The number of nitrogens with two attached hydrogens (primary N) is 1. The third-order valence-corrected chi connectivity index (χ3v) is 5.83. The van der Waals surface area contributed by atoms with E-state index in [1.807, 2.05) is 30.0 Å². The van der Waals surface area contributed by atoms with E-state index < -0.39 is 11.1 Å². The van der Waals surface area contributed by atoms with Crippen LogP contribution in [-0.4, -0.2) is 32.6 Å². The number of halogens is 1. The number of hydrogen-bond acceptors (Lipinski definition) is 5. The third kappa shape index (κ3) is 3.35. The van der Waals surface area contributed by atoms with Gasteiger partial charge >= 0.3 is 0 Å². The Morgan fingerprint density at radius 1 is 1.18 bits per heavy atom. The number of aromatic nitrogens is 3. The molecule has 2 heterocycles. The molecule has 0 bridgehead atoms. The van der Waals surface area contributed by atoms with E-state index in [1.54, 1.807) is 18.2 Å². The van der Waals surface area contributed by atoms with E-state index in [1.165, 1.54) is 28.1 Å². The highest BCUT2D eigenvalue weighted by Crippen LogP contribution is 2.31. The van der Waals surface area contributed by atoms with Gasteiger partial charge in [0.05, 0.1) is 10.8 Å². The molecule has 6 nitrogen and oxygen atoms in total. The fourth-order valence-corrected chi connectivity index (χ4v) is 4.21. The van der Waals surface area contributed by atoms with Crippen molar-refractivity contribution >= 4 is 23.4 Å². The van der Waals surface area contributed by atoms with E-state index >= 15 is 0 Å². The van der Waals surface area contributed by atoms with E-state index in [4.69, 9.17) is 5.84 Å². The average molecular weight is 397 g/mol. The maximum Gasteiger partial charge on any atom is 0.240 e. The van der Waals surface area contributed by atoms with Crippen molar-refractivity contribution in [3.63, 3.8) is 0 Å². The summed E-state index contributed by atoms with van der Waals surface area (Å²) in [5, 5.41) is 8.02. The quantitative estimate of drug-likeness (QED) is 0.540. The van der Waals surface area contributed by atoms with E-state index in [0.717, 1.165) is 18.5 Å². The van der Waals surface area contributed by atoms with Crippen LogP contribution in [-0.2, 0) is 11.2 Å². The number of thioether (sulfide) groups is 1. The Morgan fingerprint density at radius 2 is 1.93 bits per heavy atom. The topological polar surface area (TPSA) is 77.0 Å². The molecule has 0 aliphatic carbocycles. The van der Waals surface area contributed by atoms with Crippen LogP contribution in [0.4, 0.5) is 10.1 Å². The summed E-state index contributed by atoms with van der Waals surface area (Å²) >= 11 is 1.22. The second-order valence-electron chi connectivity index (χ2n) is 6.64. The highest BCUT2D eigenvalue weighted by molar-refractivity contribution is 8.00. The average Bonchev–Trinajstić information content (AvgIpc) is 3.07. The molecule has 3 aromatic rings. The van der Waals surface area contributed by atoms with E-state index in [2.05, 4.69) is 16.3 Å². The first-order valence-corrected chi connectivity index (χ1v) is 9.95. The number of amides is 1. The normalized spacial score (nSPS) is 14.6. The molecule has 8 heteroatoms. The van der Waals surface area contributed by atoms with Gasteiger partial charge in [-0.15, -0.1) is 10.2 Å². The van der Waals surface area contributed by atoms with Crippen molar-refractivity contribution in [3.05, 3.63) is 59.9 Å². The maximum atomic E-state index is 14.0. The summed E-state index contributed by atoms with van der Waals surface area (Å²) in [5.74, 6) is 5.88. The Bertz CT molecular complexity index is 1020. The van der Waals surface area contributed by atoms with Crippen molar-refractivity contribution in [2.45, 2.75) is 30.2 Å². The van der Waals surface area contributed by atoms with Gasteiger partial charge in [-0.3, -0.25) is 4.79 Å². The van der Waals surface area contributed by atoms with Gasteiger partial charge in [-0.2, -0.15) is 0 Å². The van der Waals surface area contributed by atoms with Gasteiger partial charge in [-0.1, -0.05) is 42.1 Å². The summed E-state index contributed by atoms with van der Waals surface area (Å²) in [7, 11) is 0. The van der Waals surface area contributed by atoms with Gasteiger partial charge in [0.25, 0.3) is 0 Å². The van der Waals surface area contributed by atoms with Gasteiger partial charge in [0.15, 0.2) is 5.82 Å². The molecule has 2 N–H and O–H groups in total. The molecule has 1 atom stereocenters. The molecule has 0 fully saturated rings. The number of carbonyl (C=O) groups excluding carboxylic acids is 1. The summed E-state index contributed by atoms with van der Waals surface area (Å²) in [6.07, 6.45) is 1.91. The van der Waals surface area contributed by atoms with Crippen molar-refractivity contribution < 1.29 is 9.18 Å². The molecule has 0 saturated carbocycles. The van der Waals surface area contributed by atoms with Crippen molar-refractivity contribution in [1.29, 1.82) is 0 Å². The van der Waals surface area contributed by atoms with Crippen molar-refractivity contribution in [3.8, 4) is 11.4 Å². The molecule has 0 saturated heterocycles. The summed E-state index contributed by atoms with van der Waals surface area (Å²) in [6.45, 7) is 2.51. The van der Waals surface area contributed by atoms with Crippen LogP contribution >= 0.6 is 11.8 Å². The summed E-state index contributed by atoms with van der Waals surface area (Å²) in [4.78, 5) is 14.9. The largest absolute Gasteiger partial charge is 0.335 e. The van der Waals surface area contributed by atoms with Crippen LogP contribution in [0, 0.1) is 5.82 Å². The van der Waals surface area contributed by atoms with Gasteiger partial charge in [0.1, 0.15) is 5.82 Å². The van der Waals surface area contributed by atoms with Crippen LogP contribution in [0.3, 0.4) is 0 Å². The van der Waals surface area contributed by atoms with Crippen LogP contribution in [0.25, 0.3) is 11.4 Å². The molecule has 28 heavy (non-hydrogen) atoms. The first-order chi connectivity index (χ1) is 13.6. The number of carbonyl (C=O) groups is 1. The predicted octanol–water partition coefficient (Wildman–Crippen LogP) is 3.26. The molecule has 1 aromatic heterocycles. The molecular formula is C20H20FN5OS. The van der Waals surface area contributed by atoms with Crippen LogP contribution in [0.5, 0.6) is 0 Å². The predicted molar refractivity (Wildman–Crippen MR) is 108 cm³/mol. The second kappa shape index (κ2) is 7.63. The lowest BCUT2D eigenvalue weighted by molar-refractivity contribution is -0.117. The first kappa shape index (κ1) is 18.5. The van der Waals surface area contributed by atoms with Gasteiger partial charge in [0.2, 0.25) is 11.1 Å². The third-order valence-electron chi connectivity index (χ3n) is 4.79. The van der Waals surface area contributed by atoms with Gasteiger partial charge < -0.3 is 10.7 Å². The Hall–Kier alpha value is -2.87. The van der Waals surface area contributed by atoms with Crippen LogP contribution in [0.1, 0.15) is 18.9 Å². The molecule has 1 aliphatic heterocycles. The lowest BCUT2D eigenvalue weighted by atomic mass is 10.0. The standard InChI is InChI=1S/C20H20FN5OS/c1-13(19(27)25-12-6-8-14-7-2-5-11-17(14)25)28-20-24-23-18(26(20)22)15-9-3-4-10-16(15)21/h2-5,7,9-11,13H,6,8,12,22H2,1H3. The molecule has 144 valence electrons. The highest BCUT2D eigenvalue weighted by atomic mass is 32.2. The van der Waals surface area contributed by atoms with Crippen molar-refractivity contribution in [1.82, 2.24) is 14.9 Å². The van der Waals surface area contributed by atoms with Crippen LogP contribution in [0.15, 0.2) is 53.7 Å². The Kier molecular flexibility index (Phi) is 5.04. The number of aryl methyl sites for hydroxylation is 1. The number of nitrogens with zero attached hydrogens (tertiary/aromatic N) is 4. The van der Waals surface area contributed by atoms with E-state index in [9.17, 15) is 9.18 Å². The summed E-state index contributed by atoms with van der Waals surface area (Å²) in [6, 6.07) is 14.2. The molecular weight excluding hydrogens is 377 g/mol. The molecule has 1 amide bonds. The number of anilines is 1. The number of nitrogen functional groups attached to an aromatic ring is 1. The SMILES string of the molecule is CC(Sc1nnc(-c2ccccc2F)n1N)C(=O)N1CCCc2ccccc21. The Morgan fingerprint density at radius 3 is 2.75 bits per heavy atom. The van der Waals surface area contributed by atoms with Gasteiger partial charge in [-0.05, 0) is 43.5 Å². The Balaban J connectivity index is 1.54. The fraction of sp³-hybridized carbons (Fsp3) is 0.250. The van der Waals surface area contributed by atoms with Crippen molar-refractivity contribution in [2.75, 3.05) is 17.3 Å². The monoisotopic (exact) mass is 397 g/mol. The molecule has 0 spiro atoms. The lowest BCUT2D eigenvalue weighted by Crippen LogP contribution is -2.40. The second-order valence-corrected chi connectivity index (χ2v) is 7.95. The van der Waals surface area contributed by atoms with E-state index in [-0.39, 0.29) is 17.3 Å². The molecule has 4 rings (SSSR count). The first-order valence-electron chi connectivity index (χ1n) is 9.07. The minimum Gasteiger partial charge on any atom is -0.335 e. The molecule has 2 aromatic carbocycles. The Labute approximate surface area is 166 Å². The fourth-order valence-electron chi connectivity index (χ4n) is 3.37. The molecule has 1 unspecified atom stereocenters. The highest BCUT2D eigenvalue weighted by Gasteiger charge is 2.28. The van der Waals surface area contributed by atoms with Crippen molar-refractivity contribution in [2.24, 2.45) is 0 Å². The zero-order valence-electron chi connectivity index (χ0n) is 15.4. The molecule has 1 aliphatic rings. The summed E-state index contributed by atoms with van der Waals surface area (Å²) in [5.41, 5.74) is 2.42. The van der Waals surface area contributed by atoms with Crippen LogP contribution in [0.2, 0.25) is 0 Å². The minimum absolute atomic E-state index is 0.00686. The number of benzene rings is 2. The van der Waals surface area contributed by atoms with Gasteiger partial charge in [-0.25, -0.2) is 9.07 Å². The zero-order chi connectivity index (χ0) is 19.7. The lowest BCUT2D eigenvalue weighted by Gasteiger charge is -2.31.